The SMILES string of the molecule is CCC(C(=O)O)N1CCN(c2ccccc2C)CC1. The molecule has 0 amide bonds. The van der Waals surface area contributed by atoms with Gasteiger partial charge < -0.3 is 10.0 Å². The van der Waals surface area contributed by atoms with Crippen molar-refractivity contribution in [1.82, 2.24) is 4.90 Å². The van der Waals surface area contributed by atoms with Crippen LogP contribution >= 0.6 is 0 Å². The molecule has 0 aliphatic carbocycles. The first-order valence-electron chi connectivity index (χ1n) is 6.91. The monoisotopic (exact) mass is 262 g/mol. The predicted octanol–water partition coefficient (Wildman–Crippen LogP) is 1.98. The number of piperazine rings is 1. The number of hydrogen-bond donors (Lipinski definition) is 1. The maximum Gasteiger partial charge on any atom is 0.320 e. The van der Waals surface area contributed by atoms with Crippen LogP contribution in [0.25, 0.3) is 0 Å². The number of carboxylic acid groups (broad SMARTS) is 1. The molecule has 0 bridgehead atoms. The normalized spacial score (nSPS) is 18.3. The second kappa shape index (κ2) is 6.06. The number of aliphatic carboxylic acids is 1. The van der Waals surface area contributed by atoms with Crippen molar-refractivity contribution in [2.24, 2.45) is 0 Å². The highest BCUT2D eigenvalue weighted by atomic mass is 16.4. The van der Waals surface area contributed by atoms with Crippen molar-refractivity contribution < 1.29 is 9.90 Å². The molecule has 0 aromatic heterocycles. The van der Waals surface area contributed by atoms with Crippen LogP contribution in [0.5, 0.6) is 0 Å². The molecule has 2 rings (SSSR count). The van der Waals surface area contributed by atoms with Gasteiger partial charge >= 0.3 is 5.97 Å². The highest BCUT2D eigenvalue weighted by Gasteiger charge is 2.27. The molecule has 1 saturated heterocycles. The summed E-state index contributed by atoms with van der Waals surface area (Å²) in [5, 5.41) is 9.20. The summed E-state index contributed by atoms with van der Waals surface area (Å²) in [6.07, 6.45) is 0.666. The van der Waals surface area contributed by atoms with Crippen LogP contribution < -0.4 is 4.90 Å². The van der Waals surface area contributed by atoms with Crippen molar-refractivity contribution in [3.05, 3.63) is 29.8 Å². The van der Waals surface area contributed by atoms with Crippen LogP contribution in [0.2, 0.25) is 0 Å². The van der Waals surface area contributed by atoms with Crippen LogP contribution in [0.1, 0.15) is 18.9 Å². The number of nitrogens with zero attached hydrogens (tertiary/aromatic N) is 2. The summed E-state index contributed by atoms with van der Waals surface area (Å²) < 4.78 is 0. The molecule has 0 saturated carbocycles. The average molecular weight is 262 g/mol. The number of benzene rings is 1. The number of carboxylic acids is 1. The van der Waals surface area contributed by atoms with Crippen molar-refractivity contribution in [3.63, 3.8) is 0 Å². The fourth-order valence-electron chi connectivity index (χ4n) is 2.78. The average Bonchev–Trinajstić information content (AvgIpc) is 2.41. The first-order valence-corrected chi connectivity index (χ1v) is 6.91. The van der Waals surface area contributed by atoms with Crippen LogP contribution in [-0.4, -0.2) is 48.2 Å². The Morgan fingerprint density at radius 2 is 1.89 bits per heavy atom. The molecule has 1 aromatic rings. The summed E-state index contributed by atoms with van der Waals surface area (Å²) in [5.74, 6) is -0.702. The Labute approximate surface area is 114 Å². The van der Waals surface area contributed by atoms with E-state index in [-0.39, 0.29) is 6.04 Å². The van der Waals surface area contributed by atoms with Gasteiger partial charge in [-0.2, -0.15) is 0 Å². The fourth-order valence-corrected chi connectivity index (χ4v) is 2.78. The zero-order chi connectivity index (χ0) is 13.8. The van der Waals surface area contributed by atoms with Gasteiger partial charge in [-0.3, -0.25) is 9.69 Å². The fraction of sp³-hybridized carbons (Fsp3) is 0.533. The lowest BCUT2D eigenvalue weighted by Crippen LogP contribution is -2.52. The maximum absolute atomic E-state index is 11.2. The second-order valence-corrected chi connectivity index (χ2v) is 5.07. The van der Waals surface area contributed by atoms with Gasteiger partial charge in [0, 0.05) is 31.9 Å². The molecule has 1 aliphatic rings. The van der Waals surface area contributed by atoms with Gasteiger partial charge in [0.15, 0.2) is 0 Å². The number of hydrogen-bond acceptors (Lipinski definition) is 3. The standard InChI is InChI=1S/C15H22N2O2/c1-3-13(15(18)19)16-8-10-17(11-9-16)14-7-5-4-6-12(14)2/h4-7,13H,3,8-11H2,1-2H3,(H,18,19). The molecule has 1 atom stereocenters. The number of para-hydroxylation sites is 1. The van der Waals surface area contributed by atoms with Gasteiger partial charge in [0.2, 0.25) is 0 Å². The first kappa shape index (κ1) is 13.9. The van der Waals surface area contributed by atoms with Gasteiger partial charge in [0.05, 0.1) is 0 Å². The molecule has 104 valence electrons. The third kappa shape index (κ3) is 3.07. The molecule has 4 nitrogen and oxygen atoms in total. The lowest BCUT2D eigenvalue weighted by molar-refractivity contribution is -0.143. The molecule has 1 unspecified atom stereocenters. The van der Waals surface area contributed by atoms with Gasteiger partial charge in [-0.05, 0) is 25.0 Å². The number of anilines is 1. The number of rotatable bonds is 4. The van der Waals surface area contributed by atoms with Crippen LogP contribution in [0.4, 0.5) is 5.69 Å². The maximum atomic E-state index is 11.2. The van der Waals surface area contributed by atoms with Crippen molar-refractivity contribution in [1.29, 1.82) is 0 Å². The van der Waals surface area contributed by atoms with Crippen molar-refractivity contribution in [2.75, 3.05) is 31.1 Å². The Morgan fingerprint density at radius 1 is 1.26 bits per heavy atom. The van der Waals surface area contributed by atoms with E-state index >= 15 is 0 Å². The Hall–Kier alpha value is -1.55. The molecular formula is C15H22N2O2. The van der Waals surface area contributed by atoms with Crippen LogP contribution in [0.15, 0.2) is 24.3 Å². The topological polar surface area (TPSA) is 43.8 Å². The molecule has 1 aliphatic heterocycles. The lowest BCUT2D eigenvalue weighted by Gasteiger charge is -2.39. The first-order chi connectivity index (χ1) is 9.13. The Kier molecular flexibility index (Phi) is 4.43. The van der Waals surface area contributed by atoms with E-state index in [1.807, 2.05) is 13.0 Å². The molecule has 4 heteroatoms. The molecule has 0 spiro atoms. The minimum Gasteiger partial charge on any atom is -0.480 e. The van der Waals surface area contributed by atoms with E-state index < -0.39 is 5.97 Å². The summed E-state index contributed by atoms with van der Waals surface area (Å²) in [4.78, 5) is 15.6. The zero-order valence-electron chi connectivity index (χ0n) is 11.7. The Balaban J connectivity index is 2.00. The second-order valence-electron chi connectivity index (χ2n) is 5.07. The molecular weight excluding hydrogens is 240 g/mol. The van der Waals surface area contributed by atoms with E-state index in [1.165, 1.54) is 11.3 Å². The van der Waals surface area contributed by atoms with Gasteiger partial charge in [-0.15, -0.1) is 0 Å². The number of aryl methyl sites for hydroxylation is 1. The smallest absolute Gasteiger partial charge is 0.320 e. The number of carbonyl (C=O) groups is 1. The highest BCUT2D eigenvalue weighted by Crippen LogP contribution is 2.21. The van der Waals surface area contributed by atoms with Crippen LogP contribution in [0.3, 0.4) is 0 Å². The minimum absolute atomic E-state index is 0.334. The van der Waals surface area contributed by atoms with Gasteiger partial charge in [-0.1, -0.05) is 25.1 Å². The van der Waals surface area contributed by atoms with E-state index in [0.29, 0.717) is 6.42 Å². The van der Waals surface area contributed by atoms with E-state index in [9.17, 15) is 9.90 Å². The van der Waals surface area contributed by atoms with E-state index in [1.54, 1.807) is 0 Å². The molecule has 1 heterocycles. The Bertz CT molecular complexity index is 440. The van der Waals surface area contributed by atoms with Crippen LogP contribution in [-0.2, 0) is 4.79 Å². The van der Waals surface area contributed by atoms with Gasteiger partial charge in [0.1, 0.15) is 6.04 Å². The molecule has 19 heavy (non-hydrogen) atoms. The summed E-state index contributed by atoms with van der Waals surface area (Å²) in [5.41, 5.74) is 2.55. The van der Waals surface area contributed by atoms with E-state index in [0.717, 1.165) is 26.2 Å². The van der Waals surface area contributed by atoms with Crippen molar-refractivity contribution in [2.45, 2.75) is 26.3 Å². The Morgan fingerprint density at radius 3 is 2.42 bits per heavy atom. The van der Waals surface area contributed by atoms with Crippen LogP contribution in [0, 0.1) is 6.92 Å². The van der Waals surface area contributed by atoms with Gasteiger partial charge in [0.25, 0.3) is 0 Å². The molecule has 1 fully saturated rings. The zero-order valence-corrected chi connectivity index (χ0v) is 11.7. The molecule has 0 radical (unpaired) electrons. The molecule has 1 N–H and O–H groups in total. The summed E-state index contributed by atoms with van der Waals surface area (Å²) >= 11 is 0. The summed E-state index contributed by atoms with van der Waals surface area (Å²) in [6.45, 7) is 7.49. The van der Waals surface area contributed by atoms with Crippen molar-refractivity contribution >= 4 is 11.7 Å². The quantitative estimate of drug-likeness (QED) is 0.901. The summed E-state index contributed by atoms with van der Waals surface area (Å²) in [6, 6.07) is 8.03. The third-order valence-electron chi connectivity index (χ3n) is 3.88. The van der Waals surface area contributed by atoms with E-state index in [4.69, 9.17) is 0 Å². The predicted molar refractivity (Wildman–Crippen MR) is 76.7 cm³/mol. The van der Waals surface area contributed by atoms with Gasteiger partial charge in [-0.25, -0.2) is 0 Å². The summed E-state index contributed by atoms with van der Waals surface area (Å²) in [7, 11) is 0. The lowest BCUT2D eigenvalue weighted by atomic mass is 10.1. The third-order valence-corrected chi connectivity index (χ3v) is 3.88. The van der Waals surface area contributed by atoms with E-state index in [2.05, 4.69) is 34.9 Å². The highest BCUT2D eigenvalue weighted by molar-refractivity contribution is 5.73. The van der Waals surface area contributed by atoms with Crippen molar-refractivity contribution in [3.8, 4) is 0 Å². The minimum atomic E-state index is -0.702. The molecule has 1 aromatic carbocycles. The largest absolute Gasteiger partial charge is 0.480 e.